The highest BCUT2D eigenvalue weighted by Gasteiger charge is 2.29. The molecule has 176 valence electrons. The van der Waals surface area contributed by atoms with Gasteiger partial charge in [-0.3, -0.25) is 14.4 Å². The summed E-state index contributed by atoms with van der Waals surface area (Å²) in [4.78, 5) is 39.0. The highest BCUT2D eigenvalue weighted by molar-refractivity contribution is 5.97. The van der Waals surface area contributed by atoms with Crippen LogP contribution in [0.15, 0.2) is 36.4 Å². The lowest BCUT2D eigenvalue weighted by molar-refractivity contribution is -0.121. The van der Waals surface area contributed by atoms with Gasteiger partial charge in [0.2, 0.25) is 5.91 Å². The van der Waals surface area contributed by atoms with Gasteiger partial charge in [-0.2, -0.15) is 0 Å². The molecule has 0 bridgehead atoms. The number of halogens is 2. The maximum absolute atomic E-state index is 13.9. The Bertz CT molecular complexity index is 1050. The fourth-order valence-corrected chi connectivity index (χ4v) is 3.76. The number of nitrogens with one attached hydrogen (secondary N) is 2. The molecular formula is C25H29F2N3O3. The largest absolute Gasteiger partial charge is 0.352 e. The van der Waals surface area contributed by atoms with Crippen molar-refractivity contribution in [3.63, 3.8) is 0 Å². The normalized spacial score (nSPS) is 14.3. The van der Waals surface area contributed by atoms with Crippen molar-refractivity contribution < 1.29 is 23.2 Å². The van der Waals surface area contributed by atoms with E-state index in [0.717, 1.165) is 17.7 Å². The number of hydrogen-bond acceptors (Lipinski definition) is 3. The quantitative estimate of drug-likeness (QED) is 0.684. The Balaban J connectivity index is 1.55. The standard InChI is InChI=1S/C25H29F2N3O3/c1-15(2)14-28-23(31)18-4-7-22(16(3)12-18)29-24(32)17-8-10-30(11-9-17)25(33)20-6-5-19(26)13-21(20)27/h4-7,12-13,15,17H,8-11,14H2,1-3H3,(H,28,31)(H,29,32). The minimum absolute atomic E-state index is 0.153. The highest BCUT2D eigenvalue weighted by atomic mass is 19.1. The van der Waals surface area contributed by atoms with Gasteiger partial charge in [0.25, 0.3) is 11.8 Å². The molecule has 0 atom stereocenters. The molecule has 0 radical (unpaired) electrons. The smallest absolute Gasteiger partial charge is 0.256 e. The Kier molecular flexibility index (Phi) is 7.79. The lowest BCUT2D eigenvalue weighted by atomic mass is 9.95. The molecule has 0 aliphatic carbocycles. The number of rotatable bonds is 6. The molecular weight excluding hydrogens is 428 g/mol. The molecule has 3 amide bonds. The van der Waals surface area contributed by atoms with Crippen LogP contribution >= 0.6 is 0 Å². The van der Waals surface area contributed by atoms with E-state index < -0.39 is 17.5 Å². The van der Waals surface area contributed by atoms with Crippen LogP contribution in [-0.4, -0.2) is 42.3 Å². The van der Waals surface area contributed by atoms with Gasteiger partial charge >= 0.3 is 0 Å². The average molecular weight is 458 g/mol. The van der Waals surface area contributed by atoms with Gasteiger partial charge in [0.15, 0.2) is 0 Å². The average Bonchev–Trinajstić information content (AvgIpc) is 2.78. The second-order valence-corrected chi connectivity index (χ2v) is 8.81. The fraction of sp³-hybridized carbons (Fsp3) is 0.400. The zero-order chi connectivity index (χ0) is 24.1. The molecule has 0 spiro atoms. The number of nitrogens with zero attached hydrogens (tertiary/aromatic N) is 1. The first-order valence-electron chi connectivity index (χ1n) is 11.1. The fourth-order valence-electron chi connectivity index (χ4n) is 3.76. The molecule has 33 heavy (non-hydrogen) atoms. The minimum Gasteiger partial charge on any atom is -0.352 e. The minimum atomic E-state index is -0.892. The summed E-state index contributed by atoms with van der Waals surface area (Å²) in [6.45, 7) is 7.07. The summed E-state index contributed by atoms with van der Waals surface area (Å²) in [5, 5.41) is 5.78. The molecule has 0 aromatic heterocycles. The number of carbonyl (C=O) groups excluding carboxylic acids is 3. The molecule has 1 fully saturated rings. The maximum Gasteiger partial charge on any atom is 0.256 e. The van der Waals surface area contributed by atoms with Gasteiger partial charge in [-0.05, 0) is 61.6 Å². The Labute approximate surface area is 192 Å². The van der Waals surface area contributed by atoms with E-state index in [9.17, 15) is 23.2 Å². The number of benzene rings is 2. The molecule has 8 heteroatoms. The number of carbonyl (C=O) groups is 3. The number of amides is 3. The van der Waals surface area contributed by atoms with Crippen LogP contribution in [0, 0.1) is 30.4 Å². The van der Waals surface area contributed by atoms with Gasteiger partial charge in [0.1, 0.15) is 11.6 Å². The van der Waals surface area contributed by atoms with Gasteiger partial charge in [-0.15, -0.1) is 0 Å². The predicted molar refractivity (Wildman–Crippen MR) is 122 cm³/mol. The third kappa shape index (κ3) is 6.15. The zero-order valence-electron chi connectivity index (χ0n) is 19.1. The number of anilines is 1. The van der Waals surface area contributed by atoms with Crippen LogP contribution in [0.5, 0.6) is 0 Å². The summed E-state index contributed by atoms with van der Waals surface area (Å²) < 4.78 is 27.0. The molecule has 1 heterocycles. The predicted octanol–water partition coefficient (Wildman–Crippen LogP) is 4.15. The molecule has 2 aromatic rings. The van der Waals surface area contributed by atoms with Crippen LogP contribution in [0.4, 0.5) is 14.5 Å². The van der Waals surface area contributed by atoms with E-state index in [1.807, 2.05) is 20.8 Å². The summed E-state index contributed by atoms with van der Waals surface area (Å²) in [7, 11) is 0. The number of hydrogen-bond donors (Lipinski definition) is 2. The van der Waals surface area contributed by atoms with E-state index in [-0.39, 0.29) is 23.3 Å². The van der Waals surface area contributed by atoms with Gasteiger partial charge < -0.3 is 15.5 Å². The SMILES string of the molecule is Cc1cc(C(=O)NCC(C)C)ccc1NC(=O)C1CCN(C(=O)c2ccc(F)cc2F)CC1. The van der Waals surface area contributed by atoms with Crippen molar-refractivity contribution in [2.24, 2.45) is 11.8 Å². The number of likely N-dealkylation sites (tertiary alicyclic amines) is 1. The third-order valence-electron chi connectivity index (χ3n) is 5.73. The Morgan fingerprint density at radius 1 is 1.06 bits per heavy atom. The maximum atomic E-state index is 13.9. The monoisotopic (exact) mass is 457 g/mol. The lowest BCUT2D eigenvalue weighted by Gasteiger charge is -2.31. The topological polar surface area (TPSA) is 78.5 Å². The summed E-state index contributed by atoms with van der Waals surface area (Å²) in [6, 6.07) is 8.02. The first-order chi connectivity index (χ1) is 15.7. The van der Waals surface area contributed by atoms with Crippen LogP contribution in [0.25, 0.3) is 0 Å². The van der Waals surface area contributed by atoms with Gasteiger partial charge in [-0.1, -0.05) is 13.8 Å². The van der Waals surface area contributed by atoms with Crippen LogP contribution in [0.1, 0.15) is 53.0 Å². The number of piperidine rings is 1. The van der Waals surface area contributed by atoms with Crippen molar-refractivity contribution in [3.05, 3.63) is 64.7 Å². The first kappa shape index (κ1) is 24.4. The van der Waals surface area contributed by atoms with Gasteiger partial charge in [0.05, 0.1) is 5.56 Å². The lowest BCUT2D eigenvalue weighted by Crippen LogP contribution is -2.41. The molecule has 3 rings (SSSR count). The molecule has 2 aromatic carbocycles. The van der Waals surface area contributed by atoms with E-state index in [4.69, 9.17) is 0 Å². The molecule has 6 nitrogen and oxygen atoms in total. The zero-order valence-corrected chi connectivity index (χ0v) is 19.1. The van der Waals surface area contributed by atoms with Gasteiger partial charge in [0, 0.05) is 42.9 Å². The van der Waals surface area contributed by atoms with E-state index >= 15 is 0 Å². The van der Waals surface area contributed by atoms with Crippen LogP contribution in [-0.2, 0) is 4.79 Å². The Hall–Kier alpha value is -3.29. The second-order valence-electron chi connectivity index (χ2n) is 8.81. The Morgan fingerprint density at radius 2 is 1.76 bits per heavy atom. The van der Waals surface area contributed by atoms with Crippen LogP contribution < -0.4 is 10.6 Å². The molecule has 1 saturated heterocycles. The van der Waals surface area contributed by atoms with Crippen LogP contribution in [0.3, 0.4) is 0 Å². The molecule has 2 N–H and O–H groups in total. The van der Waals surface area contributed by atoms with Gasteiger partial charge in [-0.25, -0.2) is 8.78 Å². The second kappa shape index (κ2) is 10.6. The number of aryl methyl sites for hydroxylation is 1. The summed E-state index contributed by atoms with van der Waals surface area (Å²) in [5.74, 6) is -2.39. The van der Waals surface area contributed by atoms with Crippen molar-refractivity contribution in [1.29, 1.82) is 0 Å². The van der Waals surface area contributed by atoms with Crippen molar-refractivity contribution >= 4 is 23.4 Å². The van der Waals surface area contributed by atoms with E-state index in [0.29, 0.717) is 55.7 Å². The summed E-state index contributed by atoms with van der Waals surface area (Å²) in [5.41, 5.74) is 1.77. The van der Waals surface area contributed by atoms with Crippen LogP contribution in [0.2, 0.25) is 0 Å². The summed E-state index contributed by atoms with van der Waals surface area (Å²) in [6.07, 6.45) is 0.879. The molecule has 1 aliphatic heterocycles. The molecule has 0 saturated carbocycles. The summed E-state index contributed by atoms with van der Waals surface area (Å²) >= 11 is 0. The van der Waals surface area contributed by atoms with E-state index in [2.05, 4.69) is 10.6 Å². The van der Waals surface area contributed by atoms with E-state index in [1.165, 1.54) is 4.90 Å². The van der Waals surface area contributed by atoms with E-state index in [1.54, 1.807) is 18.2 Å². The Morgan fingerprint density at radius 3 is 2.36 bits per heavy atom. The first-order valence-corrected chi connectivity index (χ1v) is 11.1. The molecule has 0 unspecified atom stereocenters. The van der Waals surface area contributed by atoms with Crippen molar-refractivity contribution in [2.75, 3.05) is 25.0 Å². The van der Waals surface area contributed by atoms with Crippen molar-refractivity contribution in [3.8, 4) is 0 Å². The highest BCUT2D eigenvalue weighted by Crippen LogP contribution is 2.24. The third-order valence-corrected chi connectivity index (χ3v) is 5.73. The van der Waals surface area contributed by atoms with Crippen molar-refractivity contribution in [2.45, 2.75) is 33.6 Å². The van der Waals surface area contributed by atoms with Crippen molar-refractivity contribution in [1.82, 2.24) is 10.2 Å². The molecule has 1 aliphatic rings.